The number of benzene rings is 1. The maximum Gasteiger partial charge on any atom is 0.232 e. The number of hydrogen-bond acceptors (Lipinski definition) is 5. The van der Waals surface area contributed by atoms with Crippen LogP contribution in [0.15, 0.2) is 36.4 Å². The minimum atomic E-state index is -0.667. The van der Waals surface area contributed by atoms with Gasteiger partial charge in [-0.15, -0.1) is 0 Å². The zero-order chi connectivity index (χ0) is 24.8. The first-order valence-electron chi connectivity index (χ1n) is 12.6. The van der Waals surface area contributed by atoms with Gasteiger partial charge in [0, 0.05) is 40.3 Å². The Morgan fingerprint density at radius 2 is 1.76 bits per heavy atom. The van der Waals surface area contributed by atoms with Gasteiger partial charge in [0.1, 0.15) is 0 Å². The molecule has 3 aliphatic rings. The number of hydrogen-bond donors (Lipinski definition) is 1. The van der Waals surface area contributed by atoms with Gasteiger partial charge < -0.3 is 24.4 Å². The predicted molar refractivity (Wildman–Crippen MR) is 136 cm³/mol. The Labute approximate surface area is 205 Å². The lowest BCUT2D eigenvalue weighted by molar-refractivity contribution is -0.146. The number of allylic oxidation sites excluding steroid dienone is 1. The van der Waals surface area contributed by atoms with Gasteiger partial charge in [-0.2, -0.15) is 0 Å². The molecular formula is C28H44N2O4. The van der Waals surface area contributed by atoms with Gasteiger partial charge in [-0.1, -0.05) is 36.4 Å². The van der Waals surface area contributed by atoms with E-state index in [-0.39, 0.29) is 11.8 Å². The highest BCUT2D eigenvalue weighted by Gasteiger charge is 2.46. The molecule has 1 aromatic carbocycles. The fraction of sp³-hybridized carbons (Fsp3) is 0.679. The first kappa shape index (κ1) is 26.9. The molecule has 1 saturated carbocycles. The number of carbonyl (C=O) groups excluding carboxylic acids is 1. The van der Waals surface area contributed by atoms with Gasteiger partial charge in [-0.3, -0.25) is 4.79 Å². The van der Waals surface area contributed by atoms with Crippen LogP contribution in [0.25, 0.3) is 5.57 Å². The molecule has 1 fully saturated rings. The lowest BCUT2D eigenvalue weighted by Crippen LogP contribution is -2.48. The van der Waals surface area contributed by atoms with Gasteiger partial charge in [-0.25, -0.2) is 0 Å². The summed E-state index contributed by atoms with van der Waals surface area (Å²) in [7, 11) is 7.18. The Morgan fingerprint density at radius 3 is 2.35 bits per heavy atom. The predicted octanol–water partition coefficient (Wildman–Crippen LogP) is 3.70. The number of fused-ring (bicyclic) bond motifs is 2. The molecule has 1 N–H and O–H groups in total. The van der Waals surface area contributed by atoms with E-state index in [1.54, 1.807) is 19.1 Å². The number of rotatable bonds is 13. The molecule has 34 heavy (non-hydrogen) atoms. The number of carbonyl (C=O) groups is 1. The quantitative estimate of drug-likeness (QED) is 0.474. The molecule has 190 valence electrons. The maximum atomic E-state index is 12.9. The summed E-state index contributed by atoms with van der Waals surface area (Å²) in [4.78, 5) is 17.0. The summed E-state index contributed by atoms with van der Waals surface area (Å²) >= 11 is 0. The number of amides is 1. The largest absolute Gasteiger partial charge is 0.389 e. The molecule has 3 aliphatic carbocycles. The van der Waals surface area contributed by atoms with E-state index in [0.717, 1.165) is 38.8 Å². The summed E-state index contributed by atoms with van der Waals surface area (Å²) < 4.78 is 10.5. The second-order valence-electron chi connectivity index (χ2n) is 10.7. The molecule has 1 amide bonds. The van der Waals surface area contributed by atoms with Crippen LogP contribution in [0.4, 0.5) is 0 Å². The first-order valence-corrected chi connectivity index (χ1v) is 12.6. The van der Waals surface area contributed by atoms with E-state index < -0.39 is 11.0 Å². The second kappa shape index (κ2) is 11.8. The van der Waals surface area contributed by atoms with E-state index in [1.165, 1.54) is 17.6 Å². The molecule has 0 aliphatic heterocycles. The van der Waals surface area contributed by atoms with Crippen molar-refractivity contribution < 1.29 is 19.4 Å². The van der Waals surface area contributed by atoms with Crippen molar-refractivity contribution in [3.05, 3.63) is 42.0 Å². The summed E-state index contributed by atoms with van der Waals surface area (Å²) in [5.41, 5.74) is 1.46. The molecule has 0 aromatic heterocycles. The van der Waals surface area contributed by atoms with Gasteiger partial charge in [0.2, 0.25) is 5.91 Å². The van der Waals surface area contributed by atoms with Crippen molar-refractivity contribution in [1.29, 1.82) is 0 Å². The van der Waals surface area contributed by atoms with E-state index in [2.05, 4.69) is 48.4 Å². The van der Waals surface area contributed by atoms with Crippen LogP contribution < -0.4 is 0 Å². The Hall–Kier alpha value is -1.73. The molecule has 4 rings (SSSR count). The van der Waals surface area contributed by atoms with E-state index in [0.29, 0.717) is 25.7 Å². The van der Waals surface area contributed by atoms with Crippen LogP contribution in [-0.4, -0.2) is 87.6 Å². The average molecular weight is 473 g/mol. The van der Waals surface area contributed by atoms with Crippen LogP contribution in [0.5, 0.6) is 0 Å². The molecule has 3 atom stereocenters. The Kier molecular flexibility index (Phi) is 9.33. The number of nitrogens with zero attached hydrogens (tertiary/aromatic N) is 2. The van der Waals surface area contributed by atoms with Gasteiger partial charge in [0.05, 0.1) is 24.2 Å². The number of ether oxygens (including phenoxy) is 2. The van der Waals surface area contributed by atoms with E-state index in [9.17, 15) is 9.90 Å². The smallest absolute Gasteiger partial charge is 0.232 e. The fourth-order valence-electron chi connectivity index (χ4n) is 5.87. The maximum absolute atomic E-state index is 12.9. The molecule has 6 nitrogen and oxygen atoms in total. The second-order valence-corrected chi connectivity index (χ2v) is 10.7. The molecule has 0 saturated heterocycles. The lowest BCUT2D eigenvalue weighted by Gasteiger charge is -2.48. The molecule has 1 aromatic rings. The van der Waals surface area contributed by atoms with Crippen LogP contribution in [0, 0.1) is 17.3 Å². The fourth-order valence-corrected chi connectivity index (χ4v) is 5.87. The highest BCUT2D eigenvalue weighted by Crippen LogP contribution is 2.51. The standard InChI is InChI=1S/C28H44N2O4/c1-27(20-33-4,21-34-5)26(31)30(3)16-9-15-29(2)17-14-28(32)19-23-12-13-24(28)18-25(23)22-10-7-6-8-11-22/h6-8,10-11,18,23-24,32H,9,12-17,19-21H2,1-5H3/t23-,24+,28-/m0/s1. The van der Waals surface area contributed by atoms with Crippen LogP contribution in [0.2, 0.25) is 0 Å². The molecule has 0 heterocycles. The highest BCUT2D eigenvalue weighted by atomic mass is 16.5. The minimum absolute atomic E-state index is 0.0485. The lowest BCUT2D eigenvalue weighted by atomic mass is 9.61. The monoisotopic (exact) mass is 472 g/mol. The van der Waals surface area contributed by atoms with Gasteiger partial charge >= 0.3 is 0 Å². The highest BCUT2D eigenvalue weighted by molar-refractivity contribution is 5.82. The first-order chi connectivity index (χ1) is 16.2. The van der Waals surface area contributed by atoms with Gasteiger partial charge in [0.15, 0.2) is 0 Å². The SMILES string of the molecule is COCC(C)(COC)C(=O)N(C)CCCN(C)CC[C@]1(O)C[C@@H]2CC[C@@H]1C=C2c1ccccc1. The van der Waals surface area contributed by atoms with Crippen LogP contribution in [-0.2, 0) is 14.3 Å². The Morgan fingerprint density at radius 1 is 1.09 bits per heavy atom. The van der Waals surface area contributed by atoms with Crippen molar-refractivity contribution in [2.45, 2.75) is 44.6 Å². The molecule has 0 radical (unpaired) electrons. The van der Waals surface area contributed by atoms with Gasteiger partial charge in [-0.05, 0) is 69.7 Å². The average Bonchev–Trinajstić information content (AvgIpc) is 2.83. The summed E-state index contributed by atoms with van der Waals surface area (Å²) in [6, 6.07) is 10.6. The third-order valence-corrected chi connectivity index (χ3v) is 7.79. The number of methoxy groups -OCH3 is 2. The van der Waals surface area contributed by atoms with E-state index in [4.69, 9.17) is 9.47 Å². The Balaban J connectivity index is 1.46. The number of aliphatic hydroxyl groups is 1. The summed E-state index contributed by atoms with van der Waals surface area (Å²) in [5.74, 6) is 0.743. The molecular weight excluding hydrogens is 428 g/mol. The zero-order valence-electron chi connectivity index (χ0n) is 21.8. The Bertz CT molecular complexity index is 821. The van der Waals surface area contributed by atoms with Crippen LogP contribution in [0.3, 0.4) is 0 Å². The van der Waals surface area contributed by atoms with E-state index in [1.807, 2.05) is 14.0 Å². The molecule has 0 spiro atoms. The van der Waals surface area contributed by atoms with Gasteiger partial charge in [0.25, 0.3) is 0 Å². The zero-order valence-corrected chi connectivity index (χ0v) is 21.8. The minimum Gasteiger partial charge on any atom is -0.389 e. The summed E-state index contributed by atoms with van der Waals surface area (Å²) in [6.45, 7) is 5.00. The van der Waals surface area contributed by atoms with Crippen LogP contribution in [0.1, 0.15) is 44.6 Å². The van der Waals surface area contributed by atoms with Crippen molar-refractivity contribution in [1.82, 2.24) is 9.80 Å². The molecule has 0 unspecified atom stereocenters. The molecule has 2 bridgehead atoms. The normalized spacial score (nSPS) is 24.4. The van der Waals surface area contributed by atoms with Crippen LogP contribution >= 0.6 is 0 Å². The third-order valence-electron chi connectivity index (χ3n) is 7.79. The third kappa shape index (κ3) is 6.28. The van der Waals surface area contributed by atoms with Crippen molar-refractivity contribution in [2.75, 3.05) is 61.2 Å². The topological polar surface area (TPSA) is 62.2 Å². The summed E-state index contributed by atoms with van der Waals surface area (Å²) in [5, 5.41) is 11.5. The van der Waals surface area contributed by atoms with Crippen molar-refractivity contribution in [3.63, 3.8) is 0 Å². The molecule has 6 heteroatoms. The van der Waals surface area contributed by atoms with Crippen molar-refractivity contribution >= 4 is 11.5 Å². The van der Waals surface area contributed by atoms with E-state index >= 15 is 0 Å². The van der Waals surface area contributed by atoms with Crippen molar-refractivity contribution in [3.8, 4) is 0 Å². The summed E-state index contributed by atoms with van der Waals surface area (Å²) in [6.07, 6.45) is 7.14. The van der Waals surface area contributed by atoms with Crippen molar-refractivity contribution in [2.24, 2.45) is 17.3 Å².